The maximum absolute atomic E-state index is 0. The van der Waals surface area contributed by atoms with E-state index in [1.54, 1.807) is 0 Å². The molecule has 0 bridgehead atoms. The molecule has 0 amide bonds. The Morgan fingerprint density at radius 1 is 1.00 bits per heavy atom. The van der Waals surface area contributed by atoms with E-state index in [4.69, 9.17) is 0 Å². The molecule has 0 atom stereocenters. The molecule has 0 aliphatic carbocycles. The molecule has 0 heterocycles. The average molecular weight is 446 g/mol. The van der Waals surface area contributed by atoms with Crippen LogP contribution in [-0.4, -0.2) is 86.6 Å². The van der Waals surface area contributed by atoms with Crippen molar-refractivity contribution in [2.75, 3.05) is 0 Å². The van der Waals surface area contributed by atoms with Crippen molar-refractivity contribution < 1.29 is 44.7 Å². The first-order valence-corrected chi connectivity index (χ1v) is 0. The summed E-state index contributed by atoms with van der Waals surface area (Å²) in [6.45, 7) is 0. The second-order valence-corrected chi connectivity index (χ2v) is 0. The molecule has 0 unspecified atom stereocenters. The van der Waals surface area contributed by atoms with E-state index in [-0.39, 0.29) is 131 Å². The molecule has 0 aromatic rings. The van der Waals surface area contributed by atoms with E-state index in [0.29, 0.717) is 0 Å². The van der Waals surface area contributed by atoms with E-state index in [0.717, 1.165) is 0 Å². The van der Waals surface area contributed by atoms with Crippen LogP contribution in [0, 0.1) is 0 Å². The van der Waals surface area contributed by atoms with Gasteiger partial charge in [-0.15, -0.1) is 0 Å². The predicted molar refractivity (Wildman–Crippen MR) is 17.1 cm³/mol. The van der Waals surface area contributed by atoms with Gasteiger partial charge in [0, 0.05) is 44.7 Å². The molecule has 0 saturated heterocycles. The second-order valence-electron chi connectivity index (χ2n) is 0. The molecule has 0 nitrogen and oxygen atoms in total. The molecular weight excluding hydrogens is 442 g/mol. The first-order chi connectivity index (χ1) is 0. The Morgan fingerprint density at radius 2 is 1.00 bits per heavy atom. The van der Waals surface area contributed by atoms with Gasteiger partial charge < -0.3 is 0 Å². The Morgan fingerprint density at radius 3 is 1.00 bits per heavy atom. The van der Waals surface area contributed by atoms with Crippen LogP contribution in [0.1, 0.15) is 0 Å². The van der Waals surface area contributed by atoms with Gasteiger partial charge in [-0.3, -0.25) is 0 Å². The maximum Gasteiger partial charge on any atom is 0 e. The Kier molecular flexibility index (Phi) is 93.8. The quantitative estimate of drug-likeness (QED) is 0.385. The van der Waals surface area contributed by atoms with Crippen molar-refractivity contribution in [2.24, 2.45) is 0 Å². The SMILES string of the molecule is [BaH2].[CaH2].[Cu].[Hg]. The van der Waals surface area contributed by atoms with Gasteiger partial charge in [0.1, 0.15) is 0 Å². The van der Waals surface area contributed by atoms with Crippen molar-refractivity contribution in [3.8, 4) is 0 Å². The summed E-state index contributed by atoms with van der Waals surface area (Å²) in [7, 11) is 0. The number of hydrogen-bond acceptors (Lipinski definition) is 0. The van der Waals surface area contributed by atoms with E-state index < -0.39 is 0 Å². The van der Waals surface area contributed by atoms with Crippen LogP contribution in [0.5, 0.6) is 0 Å². The fourth-order valence-corrected chi connectivity index (χ4v) is 0. The molecule has 21 valence electrons. The van der Waals surface area contributed by atoms with Gasteiger partial charge in [0.25, 0.3) is 0 Å². The Balaban J connectivity index is 0. The zero-order valence-electron chi connectivity index (χ0n) is 1.01. The van der Waals surface area contributed by atoms with Crippen LogP contribution >= 0.6 is 0 Å². The van der Waals surface area contributed by atoms with E-state index in [2.05, 4.69) is 0 Å². The van der Waals surface area contributed by atoms with Crippen LogP contribution in [0.3, 0.4) is 0 Å². The minimum Gasteiger partial charge on any atom is 0 e. The van der Waals surface area contributed by atoms with Crippen molar-refractivity contribution >= 4 is 86.6 Å². The molecular formula is H4BaCaCuHg. The largest absolute Gasteiger partial charge is 0 e. The van der Waals surface area contributed by atoms with Gasteiger partial charge in [-0.2, -0.15) is 0 Å². The second kappa shape index (κ2) is 15.7. The third kappa shape index (κ3) is 9.56. The summed E-state index contributed by atoms with van der Waals surface area (Å²) in [5, 5.41) is 0. The number of rotatable bonds is 0. The standard InChI is InChI=1S/Ba.Ca.Cu.Hg.4H. The van der Waals surface area contributed by atoms with E-state index in [1.807, 2.05) is 0 Å². The number of hydrogen-bond donors (Lipinski definition) is 0. The molecule has 0 N–H and O–H groups in total. The summed E-state index contributed by atoms with van der Waals surface area (Å²) in [5.74, 6) is 0. The first-order valence-electron chi connectivity index (χ1n) is 0. The maximum atomic E-state index is 0. The summed E-state index contributed by atoms with van der Waals surface area (Å²) >= 11 is 0. The van der Waals surface area contributed by atoms with Crippen molar-refractivity contribution in [2.45, 2.75) is 0 Å². The van der Waals surface area contributed by atoms with E-state index in [1.165, 1.54) is 0 Å². The fourth-order valence-electron chi connectivity index (χ4n) is 0. The molecule has 0 saturated carbocycles. The minimum atomic E-state index is 0. The molecule has 4 heavy (non-hydrogen) atoms. The molecule has 0 aliphatic rings. The van der Waals surface area contributed by atoms with Crippen molar-refractivity contribution in [1.29, 1.82) is 0 Å². The fraction of sp³-hybridized carbons (Fsp3) is 0. The van der Waals surface area contributed by atoms with Crippen molar-refractivity contribution in [3.63, 3.8) is 0 Å². The van der Waals surface area contributed by atoms with Gasteiger partial charge in [0.15, 0.2) is 0 Å². The van der Waals surface area contributed by atoms with Gasteiger partial charge in [0.05, 0.1) is 0 Å². The normalized spacial score (nSPS) is 0. The summed E-state index contributed by atoms with van der Waals surface area (Å²) in [5.41, 5.74) is 0. The summed E-state index contributed by atoms with van der Waals surface area (Å²) in [6.07, 6.45) is 0. The molecule has 0 spiro atoms. The molecule has 0 aromatic heterocycles. The van der Waals surface area contributed by atoms with Crippen LogP contribution in [0.4, 0.5) is 0 Å². The summed E-state index contributed by atoms with van der Waals surface area (Å²) in [6, 6.07) is 0. The minimum absolute atomic E-state index is 0. The predicted octanol–water partition coefficient (Wildman–Crippen LogP) is -1.84. The molecule has 1 radical (unpaired) electrons. The van der Waals surface area contributed by atoms with Gasteiger partial charge >= 0.3 is 86.6 Å². The van der Waals surface area contributed by atoms with Gasteiger partial charge in [-0.25, -0.2) is 0 Å². The zero-order valence-corrected chi connectivity index (χ0v) is 7.45. The van der Waals surface area contributed by atoms with Crippen molar-refractivity contribution in [3.05, 3.63) is 0 Å². The van der Waals surface area contributed by atoms with Crippen LogP contribution in [0.2, 0.25) is 0 Å². The van der Waals surface area contributed by atoms with Gasteiger partial charge in [0.2, 0.25) is 0 Å². The van der Waals surface area contributed by atoms with Crippen LogP contribution < -0.4 is 0 Å². The van der Waals surface area contributed by atoms with Crippen LogP contribution in [0.15, 0.2) is 0 Å². The average Bonchev–Trinajstić information content (AvgIpc) is 0. The zero-order chi connectivity index (χ0) is 0. The van der Waals surface area contributed by atoms with Gasteiger partial charge in [-0.1, -0.05) is 0 Å². The molecule has 0 fully saturated rings. The third-order valence-electron chi connectivity index (χ3n) is 0. The van der Waals surface area contributed by atoms with Crippen LogP contribution in [-0.2, 0) is 44.7 Å². The van der Waals surface area contributed by atoms with E-state index >= 15 is 0 Å². The van der Waals surface area contributed by atoms with E-state index in [9.17, 15) is 0 Å². The Hall–Kier alpha value is 4.29. The third-order valence-corrected chi connectivity index (χ3v) is 0. The topological polar surface area (TPSA) is 0 Å². The molecule has 0 aliphatic heterocycles. The Labute approximate surface area is 127 Å². The molecule has 0 aromatic carbocycles. The summed E-state index contributed by atoms with van der Waals surface area (Å²) in [4.78, 5) is 0. The first kappa shape index (κ1) is 23.9. The van der Waals surface area contributed by atoms with Crippen LogP contribution in [0.25, 0.3) is 0 Å². The molecule has 0 rings (SSSR count). The monoisotopic (exact) mass is 447 g/mol. The Bertz CT molecular complexity index is 8.00. The van der Waals surface area contributed by atoms with Crippen molar-refractivity contribution in [1.82, 2.24) is 0 Å². The van der Waals surface area contributed by atoms with Gasteiger partial charge in [-0.05, 0) is 0 Å². The summed E-state index contributed by atoms with van der Waals surface area (Å²) < 4.78 is 0. The molecule has 4 heteroatoms. The smallest absolute Gasteiger partial charge is 0 e.